The lowest BCUT2D eigenvalue weighted by atomic mass is 10.1. The number of fused-ring (bicyclic) bond motifs is 2. The molecule has 4 rings (SSSR count). The summed E-state index contributed by atoms with van der Waals surface area (Å²) in [7, 11) is 1.56. The van der Waals surface area contributed by atoms with Crippen molar-refractivity contribution in [3.05, 3.63) is 46.0 Å². The van der Waals surface area contributed by atoms with Crippen LogP contribution in [0.2, 0.25) is 0 Å². The molecule has 0 aliphatic heterocycles. The number of nitrogens with two attached hydrogens (primary N) is 1. The monoisotopic (exact) mass is 428 g/mol. The maximum Gasteiger partial charge on any atom is 0.310 e. The SMILES string of the molecule is COc1ccc2c(CC(=O)OCC(=O)Nc3sc4c(c3C(N)=O)CCC4)coc2c1. The second-order valence-electron chi connectivity index (χ2n) is 6.93. The van der Waals surface area contributed by atoms with Crippen LogP contribution in [-0.2, 0) is 33.6 Å². The summed E-state index contributed by atoms with van der Waals surface area (Å²) in [6, 6.07) is 5.30. The number of amides is 2. The van der Waals surface area contributed by atoms with Crippen LogP contribution in [-0.4, -0.2) is 31.5 Å². The van der Waals surface area contributed by atoms with Gasteiger partial charge in [-0.2, -0.15) is 0 Å². The average Bonchev–Trinajstić information content (AvgIpc) is 3.40. The van der Waals surface area contributed by atoms with Gasteiger partial charge in [0.05, 0.1) is 25.4 Å². The summed E-state index contributed by atoms with van der Waals surface area (Å²) < 4.78 is 15.7. The van der Waals surface area contributed by atoms with Crippen LogP contribution >= 0.6 is 11.3 Å². The lowest BCUT2D eigenvalue weighted by molar-refractivity contribution is -0.146. The minimum absolute atomic E-state index is 0.0353. The van der Waals surface area contributed by atoms with E-state index in [4.69, 9.17) is 19.6 Å². The van der Waals surface area contributed by atoms with E-state index in [1.807, 2.05) is 0 Å². The molecule has 2 amide bonds. The average molecular weight is 428 g/mol. The number of primary amides is 1. The molecule has 0 saturated carbocycles. The highest BCUT2D eigenvalue weighted by molar-refractivity contribution is 7.17. The summed E-state index contributed by atoms with van der Waals surface area (Å²) in [6.07, 6.45) is 4.07. The molecule has 0 bridgehead atoms. The number of aryl methyl sites for hydroxylation is 1. The minimum atomic E-state index is -0.565. The molecule has 156 valence electrons. The Labute approximate surface area is 175 Å². The highest BCUT2D eigenvalue weighted by atomic mass is 32.1. The first kappa shape index (κ1) is 20.0. The molecule has 0 unspecified atom stereocenters. The van der Waals surface area contributed by atoms with Gasteiger partial charge >= 0.3 is 5.97 Å². The lowest BCUT2D eigenvalue weighted by Crippen LogP contribution is -2.23. The molecule has 2 aromatic heterocycles. The topological polar surface area (TPSA) is 121 Å². The number of benzene rings is 1. The Balaban J connectivity index is 1.36. The van der Waals surface area contributed by atoms with E-state index >= 15 is 0 Å². The predicted molar refractivity (Wildman–Crippen MR) is 111 cm³/mol. The van der Waals surface area contributed by atoms with Crippen LogP contribution in [0.15, 0.2) is 28.9 Å². The van der Waals surface area contributed by atoms with E-state index in [9.17, 15) is 14.4 Å². The van der Waals surface area contributed by atoms with Gasteiger partial charge in [-0.1, -0.05) is 0 Å². The molecule has 3 aromatic rings. The zero-order valence-electron chi connectivity index (χ0n) is 16.3. The number of thiophene rings is 1. The Morgan fingerprint density at radius 3 is 2.87 bits per heavy atom. The van der Waals surface area contributed by atoms with Crippen molar-refractivity contribution in [3.8, 4) is 5.75 Å². The van der Waals surface area contributed by atoms with E-state index in [0.717, 1.165) is 35.1 Å². The van der Waals surface area contributed by atoms with Crippen LogP contribution < -0.4 is 15.8 Å². The molecule has 1 aliphatic carbocycles. The molecule has 2 heterocycles. The number of methoxy groups -OCH3 is 1. The highest BCUT2D eigenvalue weighted by Gasteiger charge is 2.26. The summed E-state index contributed by atoms with van der Waals surface area (Å²) in [5.74, 6) is -0.997. The first-order chi connectivity index (χ1) is 14.5. The number of hydrogen-bond acceptors (Lipinski definition) is 7. The van der Waals surface area contributed by atoms with Gasteiger partial charge in [-0.15, -0.1) is 11.3 Å². The van der Waals surface area contributed by atoms with E-state index in [1.165, 1.54) is 17.6 Å². The van der Waals surface area contributed by atoms with Crippen molar-refractivity contribution in [3.63, 3.8) is 0 Å². The maximum absolute atomic E-state index is 12.2. The smallest absolute Gasteiger partial charge is 0.310 e. The largest absolute Gasteiger partial charge is 0.497 e. The maximum atomic E-state index is 12.2. The van der Waals surface area contributed by atoms with E-state index in [1.54, 1.807) is 25.3 Å². The molecule has 0 spiro atoms. The van der Waals surface area contributed by atoms with E-state index < -0.39 is 24.4 Å². The summed E-state index contributed by atoms with van der Waals surface area (Å²) in [5.41, 5.74) is 8.02. The molecule has 0 saturated heterocycles. The van der Waals surface area contributed by atoms with E-state index in [0.29, 0.717) is 27.5 Å². The third kappa shape index (κ3) is 3.88. The summed E-state index contributed by atoms with van der Waals surface area (Å²) in [5, 5.41) is 3.84. The zero-order chi connectivity index (χ0) is 21.3. The normalized spacial score (nSPS) is 12.6. The Kier molecular flexibility index (Phi) is 5.45. The highest BCUT2D eigenvalue weighted by Crippen LogP contribution is 2.38. The summed E-state index contributed by atoms with van der Waals surface area (Å²) in [4.78, 5) is 37.3. The van der Waals surface area contributed by atoms with Gasteiger partial charge in [-0.05, 0) is 37.0 Å². The molecule has 30 heavy (non-hydrogen) atoms. The molecular weight excluding hydrogens is 408 g/mol. The van der Waals surface area contributed by atoms with Gasteiger partial charge in [0.25, 0.3) is 11.8 Å². The Morgan fingerprint density at radius 1 is 1.27 bits per heavy atom. The number of anilines is 1. The molecule has 8 nitrogen and oxygen atoms in total. The third-order valence-electron chi connectivity index (χ3n) is 4.98. The standard InChI is InChI=1S/C21H20N2O6S/c1-27-12-5-6-13-11(9-28-15(13)8-12)7-18(25)29-10-17(24)23-21-19(20(22)26)14-3-2-4-16(14)30-21/h5-6,8-9H,2-4,7,10H2,1H3,(H2,22,26)(H,23,24). The number of ether oxygens (including phenoxy) is 2. The van der Waals surface area contributed by atoms with Crippen molar-refractivity contribution in [1.29, 1.82) is 0 Å². The zero-order valence-corrected chi connectivity index (χ0v) is 17.1. The van der Waals surface area contributed by atoms with Crippen LogP contribution in [0.1, 0.15) is 32.8 Å². The Morgan fingerprint density at radius 2 is 2.10 bits per heavy atom. The van der Waals surface area contributed by atoms with Gasteiger partial charge in [0.1, 0.15) is 16.3 Å². The van der Waals surface area contributed by atoms with Crippen molar-refractivity contribution in [2.75, 3.05) is 19.0 Å². The molecule has 0 atom stereocenters. The van der Waals surface area contributed by atoms with Crippen LogP contribution in [0.5, 0.6) is 5.75 Å². The van der Waals surface area contributed by atoms with Crippen molar-refractivity contribution in [1.82, 2.24) is 0 Å². The van der Waals surface area contributed by atoms with Crippen molar-refractivity contribution >= 4 is 45.1 Å². The molecule has 3 N–H and O–H groups in total. The second kappa shape index (κ2) is 8.19. The number of nitrogens with one attached hydrogen (secondary N) is 1. The number of furan rings is 1. The van der Waals surface area contributed by atoms with Crippen LogP contribution in [0.3, 0.4) is 0 Å². The summed E-state index contributed by atoms with van der Waals surface area (Å²) in [6.45, 7) is -0.455. The second-order valence-corrected chi connectivity index (χ2v) is 8.04. The van der Waals surface area contributed by atoms with Crippen molar-refractivity contribution in [2.45, 2.75) is 25.7 Å². The molecule has 9 heteroatoms. The third-order valence-corrected chi connectivity index (χ3v) is 6.19. The number of esters is 1. The fraction of sp³-hybridized carbons (Fsp3) is 0.286. The summed E-state index contributed by atoms with van der Waals surface area (Å²) >= 11 is 1.35. The molecule has 0 radical (unpaired) electrons. The van der Waals surface area contributed by atoms with Crippen LogP contribution in [0.4, 0.5) is 5.00 Å². The molecule has 1 aromatic carbocycles. The Bertz CT molecular complexity index is 1150. The van der Waals surface area contributed by atoms with Crippen molar-refractivity contribution < 1.29 is 28.3 Å². The lowest BCUT2D eigenvalue weighted by Gasteiger charge is -2.07. The number of rotatable bonds is 7. The predicted octanol–water partition coefficient (Wildman–Crippen LogP) is 2.81. The number of hydrogen-bond donors (Lipinski definition) is 2. The van der Waals surface area contributed by atoms with Crippen molar-refractivity contribution in [2.24, 2.45) is 5.73 Å². The fourth-order valence-corrected chi connectivity index (χ4v) is 4.91. The minimum Gasteiger partial charge on any atom is -0.497 e. The van der Waals surface area contributed by atoms with Gasteiger partial charge in [0, 0.05) is 21.9 Å². The molecular formula is C21H20N2O6S. The van der Waals surface area contributed by atoms with Gasteiger partial charge in [-0.25, -0.2) is 0 Å². The van der Waals surface area contributed by atoms with Gasteiger partial charge in [0.2, 0.25) is 0 Å². The quantitative estimate of drug-likeness (QED) is 0.558. The van der Waals surface area contributed by atoms with Gasteiger partial charge in [-0.3, -0.25) is 14.4 Å². The molecule has 0 fully saturated rings. The van der Waals surface area contributed by atoms with Gasteiger partial charge in [0.15, 0.2) is 6.61 Å². The molecule has 1 aliphatic rings. The van der Waals surface area contributed by atoms with Crippen LogP contribution in [0.25, 0.3) is 11.0 Å². The fourth-order valence-electron chi connectivity index (χ4n) is 3.60. The number of carbonyl (C=O) groups excluding carboxylic acids is 3. The van der Waals surface area contributed by atoms with Crippen LogP contribution in [0, 0.1) is 0 Å². The number of carbonyl (C=O) groups is 3. The van der Waals surface area contributed by atoms with E-state index in [2.05, 4.69) is 5.32 Å². The Hall–Kier alpha value is -3.33. The first-order valence-corrected chi connectivity index (χ1v) is 10.2. The van der Waals surface area contributed by atoms with E-state index in [-0.39, 0.29) is 6.42 Å². The van der Waals surface area contributed by atoms with Gasteiger partial charge < -0.3 is 24.9 Å². The first-order valence-electron chi connectivity index (χ1n) is 9.40.